The number of anilines is 1. The zero-order valence-corrected chi connectivity index (χ0v) is 10.6. The van der Waals surface area contributed by atoms with Crippen LogP contribution in [0.15, 0.2) is 18.2 Å². The molecule has 0 aliphatic carbocycles. The summed E-state index contributed by atoms with van der Waals surface area (Å²) in [6, 6.07) is 4.52. The maximum absolute atomic E-state index is 10.5. The molecule has 4 N–H and O–H groups in total. The lowest BCUT2D eigenvalue weighted by Crippen LogP contribution is -2.36. The van der Waals surface area contributed by atoms with Crippen LogP contribution in [0.25, 0.3) is 0 Å². The van der Waals surface area contributed by atoms with Crippen LogP contribution in [-0.2, 0) is 4.79 Å². The third-order valence-corrected chi connectivity index (χ3v) is 2.74. The summed E-state index contributed by atoms with van der Waals surface area (Å²) in [6.45, 7) is 0.148. The van der Waals surface area contributed by atoms with Crippen molar-refractivity contribution in [3.8, 4) is 0 Å². The summed E-state index contributed by atoms with van der Waals surface area (Å²) in [5.41, 5.74) is 6.03. The van der Waals surface area contributed by atoms with Crippen molar-refractivity contribution < 1.29 is 9.90 Å². The summed E-state index contributed by atoms with van der Waals surface area (Å²) >= 11 is 8.08. The highest BCUT2D eigenvalue weighted by Gasteiger charge is 2.11. The summed E-state index contributed by atoms with van der Waals surface area (Å²) in [6.07, 6.45) is 0. The molecule has 0 aliphatic heterocycles. The molecule has 0 radical (unpaired) electrons. The standard InChI is InChI=1S/C9H10ClIN2O2/c10-6-3-5(11)1-2-8(6)13-4-7(12)9(14)15/h1-3,7,13H,4,12H2,(H,14,15). The molecule has 0 bridgehead atoms. The van der Waals surface area contributed by atoms with Gasteiger partial charge in [0.05, 0.1) is 10.7 Å². The molecule has 0 amide bonds. The molecule has 0 heterocycles. The Balaban J connectivity index is 2.62. The average Bonchev–Trinajstić information content (AvgIpc) is 2.15. The Morgan fingerprint density at radius 3 is 2.87 bits per heavy atom. The van der Waals surface area contributed by atoms with Crippen molar-refractivity contribution in [2.45, 2.75) is 6.04 Å². The summed E-state index contributed by atoms with van der Waals surface area (Å²) in [5.74, 6) is -1.04. The van der Waals surface area contributed by atoms with Gasteiger partial charge >= 0.3 is 5.97 Å². The van der Waals surface area contributed by atoms with Crippen LogP contribution in [0.1, 0.15) is 0 Å². The number of carboxylic acids is 1. The van der Waals surface area contributed by atoms with E-state index in [4.69, 9.17) is 22.4 Å². The number of halogens is 2. The lowest BCUT2D eigenvalue weighted by molar-refractivity contribution is -0.138. The molecule has 6 heteroatoms. The molecule has 0 aromatic heterocycles. The van der Waals surface area contributed by atoms with Crippen molar-refractivity contribution in [2.24, 2.45) is 5.73 Å². The quantitative estimate of drug-likeness (QED) is 0.730. The number of nitrogens with two attached hydrogens (primary N) is 1. The molecule has 15 heavy (non-hydrogen) atoms. The first-order valence-corrected chi connectivity index (χ1v) is 5.63. The number of hydrogen-bond donors (Lipinski definition) is 3. The van der Waals surface area contributed by atoms with Gasteiger partial charge in [0.15, 0.2) is 0 Å². The van der Waals surface area contributed by atoms with E-state index in [2.05, 4.69) is 27.9 Å². The van der Waals surface area contributed by atoms with Crippen LogP contribution in [0, 0.1) is 3.57 Å². The highest BCUT2D eigenvalue weighted by atomic mass is 127. The van der Waals surface area contributed by atoms with E-state index >= 15 is 0 Å². The van der Waals surface area contributed by atoms with Gasteiger partial charge in [0.1, 0.15) is 6.04 Å². The van der Waals surface area contributed by atoms with Gasteiger partial charge in [-0.05, 0) is 40.8 Å². The molecule has 1 aromatic carbocycles. The van der Waals surface area contributed by atoms with Gasteiger partial charge in [-0.2, -0.15) is 0 Å². The Kier molecular flexibility index (Phi) is 4.62. The predicted octanol–water partition coefficient (Wildman–Crippen LogP) is 1.77. The smallest absolute Gasteiger partial charge is 0.322 e. The molecule has 1 aromatic rings. The Bertz CT molecular complexity index is 373. The number of nitrogens with one attached hydrogen (secondary N) is 1. The van der Waals surface area contributed by atoms with Crippen molar-refractivity contribution in [1.29, 1.82) is 0 Å². The average molecular weight is 341 g/mol. The van der Waals surface area contributed by atoms with E-state index in [1.165, 1.54) is 0 Å². The maximum atomic E-state index is 10.5. The minimum atomic E-state index is -1.04. The van der Waals surface area contributed by atoms with Crippen molar-refractivity contribution in [3.05, 3.63) is 26.8 Å². The number of hydrogen-bond acceptors (Lipinski definition) is 3. The molecule has 1 rings (SSSR count). The number of aliphatic carboxylic acids is 1. The highest BCUT2D eigenvalue weighted by Crippen LogP contribution is 2.23. The molecular formula is C9H10ClIN2O2. The molecule has 0 saturated carbocycles. The van der Waals surface area contributed by atoms with Crippen LogP contribution in [0.2, 0.25) is 5.02 Å². The third kappa shape index (κ3) is 3.84. The summed E-state index contributed by atoms with van der Waals surface area (Å²) in [5, 5.41) is 12.0. The molecule has 0 aliphatic rings. The molecular weight excluding hydrogens is 330 g/mol. The van der Waals surface area contributed by atoms with Gasteiger partial charge in [-0.3, -0.25) is 4.79 Å². The van der Waals surface area contributed by atoms with Crippen LogP contribution in [-0.4, -0.2) is 23.7 Å². The third-order valence-electron chi connectivity index (χ3n) is 1.76. The molecule has 0 fully saturated rings. The second-order valence-corrected chi connectivity index (χ2v) is 4.60. The van der Waals surface area contributed by atoms with E-state index in [1.54, 1.807) is 12.1 Å². The van der Waals surface area contributed by atoms with Gasteiger partial charge in [0.2, 0.25) is 0 Å². The van der Waals surface area contributed by atoms with E-state index in [1.807, 2.05) is 6.07 Å². The lowest BCUT2D eigenvalue weighted by atomic mass is 10.3. The molecule has 4 nitrogen and oxygen atoms in total. The van der Waals surface area contributed by atoms with Crippen molar-refractivity contribution in [1.82, 2.24) is 0 Å². The van der Waals surface area contributed by atoms with Crippen LogP contribution < -0.4 is 11.1 Å². The second-order valence-electron chi connectivity index (χ2n) is 2.95. The molecule has 82 valence electrons. The van der Waals surface area contributed by atoms with E-state index in [9.17, 15) is 4.79 Å². The van der Waals surface area contributed by atoms with Crippen LogP contribution in [0.4, 0.5) is 5.69 Å². The zero-order valence-electron chi connectivity index (χ0n) is 7.71. The fourth-order valence-electron chi connectivity index (χ4n) is 0.940. The Labute approximate surface area is 106 Å². The fourth-order valence-corrected chi connectivity index (χ4v) is 1.86. The normalized spacial score (nSPS) is 12.2. The molecule has 0 saturated heterocycles. The number of benzene rings is 1. The summed E-state index contributed by atoms with van der Waals surface area (Å²) in [7, 11) is 0. The van der Waals surface area contributed by atoms with Gasteiger partial charge in [0.25, 0.3) is 0 Å². The van der Waals surface area contributed by atoms with Crippen molar-refractivity contribution in [2.75, 3.05) is 11.9 Å². The van der Waals surface area contributed by atoms with E-state index in [0.29, 0.717) is 10.7 Å². The van der Waals surface area contributed by atoms with Crippen LogP contribution in [0.3, 0.4) is 0 Å². The van der Waals surface area contributed by atoms with Gasteiger partial charge in [-0.1, -0.05) is 11.6 Å². The van der Waals surface area contributed by atoms with Crippen molar-refractivity contribution >= 4 is 45.8 Å². The van der Waals surface area contributed by atoms with Crippen LogP contribution in [0.5, 0.6) is 0 Å². The second kappa shape index (κ2) is 5.53. The van der Waals surface area contributed by atoms with Gasteiger partial charge in [-0.25, -0.2) is 0 Å². The van der Waals surface area contributed by atoms with E-state index < -0.39 is 12.0 Å². The first-order valence-electron chi connectivity index (χ1n) is 4.18. The number of carbonyl (C=O) groups is 1. The van der Waals surface area contributed by atoms with Gasteiger partial charge in [-0.15, -0.1) is 0 Å². The zero-order chi connectivity index (χ0) is 11.4. The molecule has 0 spiro atoms. The van der Waals surface area contributed by atoms with Crippen LogP contribution >= 0.6 is 34.2 Å². The Hall–Kier alpha value is -0.530. The predicted molar refractivity (Wildman–Crippen MR) is 68.3 cm³/mol. The van der Waals surface area contributed by atoms with Gasteiger partial charge < -0.3 is 16.2 Å². The van der Waals surface area contributed by atoms with Crippen molar-refractivity contribution in [3.63, 3.8) is 0 Å². The monoisotopic (exact) mass is 340 g/mol. The highest BCUT2D eigenvalue weighted by molar-refractivity contribution is 14.1. The minimum Gasteiger partial charge on any atom is -0.480 e. The first-order chi connectivity index (χ1) is 7.00. The van der Waals surface area contributed by atoms with Gasteiger partial charge in [0, 0.05) is 10.1 Å². The topological polar surface area (TPSA) is 75.3 Å². The maximum Gasteiger partial charge on any atom is 0.322 e. The largest absolute Gasteiger partial charge is 0.480 e. The fraction of sp³-hybridized carbons (Fsp3) is 0.222. The number of rotatable bonds is 4. The molecule has 1 unspecified atom stereocenters. The Morgan fingerprint density at radius 2 is 2.33 bits per heavy atom. The SMILES string of the molecule is NC(CNc1ccc(I)cc1Cl)C(=O)O. The minimum absolute atomic E-state index is 0.148. The van der Waals surface area contributed by atoms with E-state index in [0.717, 1.165) is 3.57 Å². The lowest BCUT2D eigenvalue weighted by Gasteiger charge is -2.11. The first kappa shape index (κ1) is 12.5. The molecule has 1 atom stereocenters. The number of carboxylic acid groups (broad SMARTS) is 1. The van der Waals surface area contributed by atoms with E-state index in [-0.39, 0.29) is 6.54 Å². The summed E-state index contributed by atoms with van der Waals surface area (Å²) < 4.78 is 1.02. The Morgan fingerprint density at radius 1 is 1.67 bits per heavy atom. The summed E-state index contributed by atoms with van der Waals surface area (Å²) in [4.78, 5) is 10.5.